The molecule has 128 valence electrons. The Balaban J connectivity index is -0.000000339. The van der Waals surface area contributed by atoms with Crippen molar-refractivity contribution < 1.29 is 18.1 Å². The summed E-state index contributed by atoms with van der Waals surface area (Å²) in [7, 11) is -2.30. The van der Waals surface area contributed by atoms with Crippen LogP contribution in [0.1, 0.15) is 53.9 Å². The Morgan fingerprint density at radius 3 is 1.43 bits per heavy atom. The van der Waals surface area contributed by atoms with Gasteiger partial charge in [0.05, 0.1) is 0 Å². The number of hydrogen-bond acceptors (Lipinski definition) is 4. The van der Waals surface area contributed by atoms with E-state index in [1.54, 1.807) is 0 Å². The first kappa shape index (κ1) is 26.5. The molecule has 0 aliphatic carbocycles. The molecule has 0 saturated heterocycles. The summed E-state index contributed by atoms with van der Waals surface area (Å²) >= 11 is 5.00. The zero-order valence-electron chi connectivity index (χ0n) is 14.0. The van der Waals surface area contributed by atoms with Gasteiger partial charge in [-0.2, -0.15) is 0 Å². The van der Waals surface area contributed by atoms with E-state index in [1.807, 2.05) is 27.7 Å². The van der Waals surface area contributed by atoms with E-state index in [4.69, 9.17) is 19.0 Å². The fourth-order valence-corrected chi connectivity index (χ4v) is 4.17. The van der Waals surface area contributed by atoms with Crippen LogP contribution >= 0.6 is 0 Å². The minimum atomic E-state index is -2.30. The van der Waals surface area contributed by atoms with Crippen LogP contribution in [0.15, 0.2) is 0 Å². The molecule has 0 spiro atoms. The summed E-state index contributed by atoms with van der Waals surface area (Å²) in [5, 5.41) is 0. The van der Waals surface area contributed by atoms with Crippen LogP contribution in [-0.2, 0) is 18.1 Å². The summed E-state index contributed by atoms with van der Waals surface area (Å²) in [6.07, 6.45) is 2.42. The molecule has 0 aliphatic heterocycles. The van der Waals surface area contributed by atoms with Crippen LogP contribution in [0.5, 0.6) is 0 Å². The van der Waals surface area contributed by atoms with Crippen molar-refractivity contribution in [2.75, 3.05) is 19.8 Å². The molecule has 8 heteroatoms. The monoisotopic (exact) mass is 453 g/mol. The molecular weight excluding hydrogens is 420 g/mol. The molecule has 2 N–H and O–H groups in total. The molecule has 5 nitrogen and oxygen atoms in total. The van der Waals surface area contributed by atoms with Crippen molar-refractivity contribution in [1.82, 2.24) is 0 Å². The average Bonchev–Trinajstić information content (AvgIpc) is 2.43. The van der Waals surface area contributed by atoms with Gasteiger partial charge in [-0.1, -0.05) is 20.3 Å². The van der Waals surface area contributed by atoms with Crippen molar-refractivity contribution in [3.63, 3.8) is 0 Å². The molecular formula is C13H31NO4Se2Si. The third-order valence-electron chi connectivity index (χ3n) is 2.15. The van der Waals surface area contributed by atoms with E-state index in [0.29, 0.717) is 26.2 Å². The SMILES string of the molecule is CCCC(N)=O.CCC[Si](OCC)(OCC)OCC.[Se]=[Se]. The van der Waals surface area contributed by atoms with E-state index in [2.05, 4.69) is 34.2 Å². The molecule has 0 bridgehead atoms. The van der Waals surface area contributed by atoms with Gasteiger partial charge >= 0.3 is 36.1 Å². The normalized spacial score (nSPS) is 9.95. The van der Waals surface area contributed by atoms with Crippen LogP contribution in [0.4, 0.5) is 0 Å². The molecule has 0 unspecified atom stereocenters. The second-order valence-corrected chi connectivity index (χ2v) is 6.68. The van der Waals surface area contributed by atoms with Gasteiger partial charge in [-0.05, 0) is 27.2 Å². The van der Waals surface area contributed by atoms with Crippen molar-refractivity contribution in [1.29, 1.82) is 0 Å². The summed E-state index contributed by atoms with van der Waals surface area (Å²) in [6.45, 7) is 12.0. The van der Waals surface area contributed by atoms with Crippen molar-refractivity contribution in [3.8, 4) is 0 Å². The third-order valence-corrected chi connectivity index (χ3v) is 5.44. The maximum atomic E-state index is 9.82. The minimum absolute atomic E-state index is 0.211. The number of primary amides is 1. The van der Waals surface area contributed by atoms with E-state index >= 15 is 0 Å². The molecule has 0 atom stereocenters. The van der Waals surface area contributed by atoms with E-state index in [9.17, 15) is 4.79 Å². The van der Waals surface area contributed by atoms with Crippen LogP contribution in [-0.4, -0.2) is 61.8 Å². The average molecular weight is 451 g/mol. The first-order chi connectivity index (χ1) is 10.0. The van der Waals surface area contributed by atoms with Crippen molar-refractivity contribution in [3.05, 3.63) is 0 Å². The second-order valence-electron chi connectivity index (χ2n) is 3.95. The molecule has 0 aromatic heterocycles. The Hall–Kier alpha value is 0.606. The Labute approximate surface area is 145 Å². The zero-order valence-corrected chi connectivity index (χ0v) is 18.4. The van der Waals surface area contributed by atoms with Gasteiger partial charge in [-0.15, -0.1) is 0 Å². The number of carbonyl (C=O) groups is 1. The molecule has 21 heavy (non-hydrogen) atoms. The molecule has 0 saturated carbocycles. The predicted octanol–water partition coefficient (Wildman–Crippen LogP) is 1.95. The molecule has 0 rings (SSSR count). The van der Waals surface area contributed by atoms with Gasteiger partial charge in [0.15, 0.2) is 0 Å². The summed E-state index contributed by atoms with van der Waals surface area (Å²) in [5.41, 5.74) is 4.76. The number of amides is 1. The van der Waals surface area contributed by atoms with Gasteiger partial charge < -0.3 is 19.0 Å². The zero-order chi connectivity index (χ0) is 17.1. The van der Waals surface area contributed by atoms with Gasteiger partial charge in [0.1, 0.15) is 0 Å². The number of hydrogen-bond donors (Lipinski definition) is 1. The predicted molar refractivity (Wildman–Crippen MR) is 91.3 cm³/mol. The topological polar surface area (TPSA) is 70.8 Å². The Kier molecular flexibility index (Phi) is 26.0. The molecule has 1 amide bonds. The molecule has 0 aromatic carbocycles. The Bertz CT molecular complexity index is 207. The number of nitrogens with two attached hydrogens (primary N) is 1. The summed E-state index contributed by atoms with van der Waals surface area (Å²) in [5.74, 6) is -0.211. The quantitative estimate of drug-likeness (QED) is 0.516. The van der Waals surface area contributed by atoms with Gasteiger partial charge in [-0.3, -0.25) is 4.79 Å². The fourth-order valence-electron chi connectivity index (χ4n) is 1.55. The van der Waals surface area contributed by atoms with Crippen molar-refractivity contribution in [2.24, 2.45) is 5.73 Å². The van der Waals surface area contributed by atoms with Crippen molar-refractivity contribution in [2.45, 2.75) is 59.9 Å². The van der Waals surface area contributed by atoms with Gasteiger partial charge in [0.2, 0.25) is 5.91 Å². The molecule has 0 aromatic rings. The molecule has 0 heterocycles. The van der Waals surface area contributed by atoms with E-state index in [-0.39, 0.29) is 5.91 Å². The van der Waals surface area contributed by atoms with Gasteiger partial charge in [-0.25, -0.2) is 0 Å². The van der Waals surface area contributed by atoms with Crippen LogP contribution in [0.2, 0.25) is 6.04 Å². The number of rotatable bonds is 10. The first-order valence-electron chi connectivity index (χ1n) is 7.38. The molecule has 0 aliphatic rings. The van der Waals surface area contributed by atoms with Crippen LogP contribution in [0, 0.1) is 0 Å². The van der Waals surface area contributed by atoms with Gasteiger partial charge in [0.25, 0.3) is 0 Å². The van der Waals surface area contributed by atoms with Crippen LogP contribution in [0.3, 0.4) is 0 Å². The molecule has 0 fully saturated rings. The number of carbonyl (C=O) groups excluding carboxylic acids is 1. The Morgan fingerprint density at radius 1 is 0.905 bits per heavy atom. The third kappa shape index (κ3) is 18.6. The Morgan fingerprint density at radius 2 is 1.29 bits per heavy atom. The van der Waals surface area contributed by atoms with E-state index < -0.39 is 8.80 Å². The fraction of sp³-hybridized carbons (Fsp3) is 0.923. The van der Waals surface area contributed by atoms with E-state index in [0.717, 1.165) is 18.9 Å². The van der Waals surface area contributed by atoms with Crippen molar-refractivity contribution >= 4 is 42.0 Å². The van der Waals surface area contributed by atoms with E-state index in [1.165, 1.54) is 0 Å². The summed E-state index contributed by atoms with van der Waals surface area (Å²) in [4.78, 5) is 9.82. The first-order valence-corrected chi connectivity index (χ1v) is 13.6. The maximum absolute atomic E-state index is 9.82. The van der Waals surface area contributed by atoms with Crippen LogP contribution < -0.4 is 5.73 Å². The second kappa shape index (κ2) is 20.6. The van der Waals surface area contributed by atoms with Crippen LogP contribution in [0.25, 0.3) is 0 Å². The molecule has 0 radical (unpaired) electrons. The summed E-state index contributed by atoms with van der Waals surface area (Å²) < 4.78 is 16.9. The van der Waals surface area contributed by atoms with Gasteiger partial charge in [0, 0.05) is 32.3 Å². The summed E-state index contributed by atoms with van der Waals surface area (Å²) in [6, 6.07) is 0.919. The standard InChI is InChI=1S/C9H22O3Si.C4H9NO.Se2/c1-5-9-13(10-6-2,11-7-3)12-8-4;1-2-3-4(5)6;1-2/h5-9H2,1-4H3;2-3H2,1H3,(H2,5,6);.